The Morgan fingerprint density at radius 3 is 2.80 bits per heavy atom. The van der Waals surface area contributed by atoms with E-state index in [0.717, 1.165) is 18.7 Å². The van der Waals surface area contributed by atoms with Gasteiger partial charge in [-0.25, -0.2) is 9.97 Å². The number of nitrogens with one attached hydrogen (secondary N) is 1. The molecular formula is C15H17N5. The Balaban J connectivity index is 2.02. The number of aromatic nitrogens is 2. The van der Waals surface area contributed by atoms with E-state index in [1.807, 2.05) is 6.07 Å². The average molecular weight is 267 g/mol. The molecule has 0 radical (unpaired) electrons. The van der Waals surface area contributed by atoms with E-state index in [-0.39, 0.29) is 5.84 Å². The molecule has 102 valence electrons. The van der Waals surface area contributed by atoms with E-state index in [1.165, 1.54) is 11.3 Å². The number of nitrogens with two attached hydrogens (primary N) is 1. The van der Waals surface area contributed by atoms with Gasteiger partial charge in [-0.2, -0.15) is 0 Å². The number of nitrogen functional groups attached to an aromatic ring is 1. The first kappa shape index (κ1) is 12.6. The van der Waals surface area contributed by atoms with Crippen molar-refractivity contribution in [3.8, 4) is 0 Å². The quantitative estimate of drug-likeness (QED) is 0.646. The molecule has 20 heavy (non-hydrogen) atoms. The zero-order chi connectivity index (χ0) is 14.1. The zero-order valence-corrected chi connectivity index (χ0v) is 11.4. The molecule has 2 heterocycles. The Bertz CT molecular complexity index is 635. The Hall–Kier alpha value is -2.43. The third-order valence-electron chi connectivity index (χ3n) is 3.68. The third kappa shape index (κ3) is 2.11. The molecule has 0 bridgehead atoms. The van der Waals surface area contributed by atoms with Crippen molar-refractivity contribution in [2.45, 2.75) is 25.8 Å². The molecule has 0 saturated carbocycles. The molecule has 1 atom stereocenters. The molecule has 0 fully saturated rings. The molecule has 1 aromatic heterocycles. The second kappa shape index (κ2) is 4.92. The van der Waals surface area contributed by atoms with Crippen molar-refractivity contribution in [2.24, 2.45) is 5.73 Å². The van der Waals surface area contributed by atoms with Gasteiger partial charge in [0.05, 0.1) is 12.4 Å². The highest BCUT2D eigenvalue weighted by Crippen LogP contribution is 2.35. The van der Waals surface area contributed by atoms with Crippen molar-refractivity contribution >= 4 is 17.3 Å². The molecule has 0 aliphatic carbocycles. The molecule has 1 unspecified atom stereocenters. The number of fused-ring (bicyclic) bond motifs is 1. The number of amidine groups is 1. The Morgan fingerprint density at radius 1 is 1.30 bits per heavy atom. The standard InChI is InChI=1S/C15H17N5/c1-10-6-7-11-4-2-3-5-13(11)20(10)14-9-18-12(8-19-14)15(16)17/h2-5,8-10H,6-7H2,1H3,(H3,16,17). The number of anilines is 2. The van der Waals surface area contributed by atoms with Crippen LogP contribution in [-0.4, -0.2) is 21.8 Å². The lowest BCUT2D eigenvalue weighted by Gasteiger charge is -2.36. The van der Waals surface area contributed by atoms with Crippen LogP contribution < -0.4 is 10.6 Å². The van der Waals surface area contributed by atoms with Crippen LogP contribution in [0.1, 0.15) is 24.6 Å². The highest BCUT2D eigenvalue weighted by atomic mass is 15.2. The fourth-order valence-corrected chi connectivity index (χ4v) is 2.62. The first-order valence-electron chi connectivity index (χ1n) is 6.70. The summed E-state index contributed by atoms with van der Waals surface area (Å²) in [6.07, 6.45) is 5.43. The van der Waals surface area contributed by atoms with Crippen molar-refractivity contribution in [1.29, 1.82) is 5.41 Å². The highest BCUT2D eigenvalue weighted by molar-refractivity contribution is 5.92. The lowest BCUT2D eigenvalue weighted by atomic mass is 9.97. The van der Waals surface area contributed by atoms with Gasteiger partial charge in [-0.05, 0) is 31.4 Å². The van der Waals surface area contributed by atoms with E-state index in [2.05, 4.69) is 40.0 Å². The molecule has 0 saturated heterocycles. The third-order valence-corrected chi connectivity index (χ3v) is 3.68. The van der Waals surface area contributed by atoms with Crippen molar-refractivity contribution in [3.05, 3.63) is 47.9 Å². The van der Waals surface area contributed by atoms with E-state index in [0.29, 0.717) is 11.7 Å². The topological polar surface area (TPSA) is 78.9 Å². The number of rotatable bonds is 2. The molecule has 0 amide bonds. The molecule has 3 rings (SSSR count). The van der Waals surface area contributed by atoms with Gasteiger partial charge in [0.2, 0.25) is 0 Å². The first-order chi connectivity index (χ1) is 9.66. The molecule has 0 spiro atoms. The van der Waals surface area contributed by atoms with Gasteiger partial charge in [-0.1, -0.05) is 18.2 Å². The summed E-state index contributed by atoms with van der Waals surface area (Å²) in [5, 5.41) is 7.37. The maximum absolute atomic E-state index is 7.37. The summed E-state index contributed by atoms with van der Waals surface area (Å²) in [5.41, 5.74) is 8.35. The smallest absolute Gasteiger partial charge is 0.151 e. The summed E-state index contributed by atoms with van der Waals surface area (Å²) >= 11 is 0. The number of para-hydroxylation sites is 1. The Labute approximate surface area is 118 Å². The highest BCUT2D eigenvalue weighted by Gasteiger charge is 2.25. The molecule has 1 aromatic carbocycles. The Kier molecular flexibility index (Phi) is 3.10. The van der Waals surface area contributed by atoms with Crippen LogP contribution in [0.25, 0.3) is 0 Å². The summed E-state index contributed by atoms with van der Waals surface area (Å²) in [6, 6.07) is 8.76. The first-order valence-corrected chi connectivity index (χ1v) is 6.70. The minimum Gasteiger partial charge on any atom is -0.382 e. The predicted molar refractivity (Wildman–Crippen MR) is 79.4 cm³/mol. The zero-order valence-electron chi connectivity index (χ0n) is 11.4. The maximum atomic E-state index is 7.37. The van der Waals surface area contributed by atoms with Gasteiger partial charge in [0.15, 0.2) is 5.82 Å². The van der Waals surface area contributed by atoms with Gasteiger partial charge in [-0.15, -0.1) is 0 Å². The fraction of sp³-hybridized carbons (Fsp3) is 0.267. The van der Waals surface area contributed by atoms with Gasteiger partial charge in [-0.3, -0.25) is 5.41 Å². The average Bonchev–Trinajstić information content (AvgIpc) is 2.47. The molecule has 2 aromatic rings. The van der Waals surface area contributed by atoms with Gasteiger partial charge in [0.25, 0.3) is 0 Å². The maximum Gasteiger partial charge on any atom is 0.151 e. The van der Waals surface area contributed by atoms with Crippen LogP contribution >= 0.6 is 0 Å². The van der Waals surface area contributed by atoms with Crippen LogP contribution in [0.15, 0.2) is 36.7 Å². The largest absolute Gasteiger partial charge is 0.382 e. The number of hydrogen-bond acceptors (Lipinski definition) is 4. The lowest BCUT2D eigenvalue weighted by Crippen LogP contribution is -2.34. The molecule has 3 N–H and O–H groups in total. The molecule has 1 aliphatic heterocycles. The summed E-state index contributed by atoms with van der Waals surface area (Å²) in [6.45, 7) is 2.19. The van der Waals surface area contributed by atoms with Crippen molar-refractivity contribution < 1.29 is 0 Å². The Morgan fingerprint density at radius 2 is 2.10 bits per heavy atom. The van der Waals surface area contributed by atoms with Crippen LogP contribution in [0.2, 0.25) is 0 Å². The fourth-order valence-electron chi connectivity index (χ4n) is 2.62. The summed E-state index contributed by atoms with van der Waals surface area (Å²) in [7, 11) is 0. The van der Waals surface area contributed by atoms with E-state index < -0.39 is 0 Å². The minimum absolute atomic E-state index is 0.0591. The minimum atomic E-state index is -0.0591. The number of hydrogen-bond donors (Lipinski definition) is 2. The van der Waals surface area contributed by atoms with Crippen LogP contribution in [0.3, 0.4) is 0 Å². The normalized spacial score (nSPS) is 17.6. The molecule has 1 aliphatic rings. The van der Waals surface area contributed by atoms with Crippen LogP contribution in [0, 0.1) is 5.41 Å². The summed E-state index contributed by atoms with van der Waals surface area (Å²) in [5.74, 6) is 0.741. The lowest BCUT2D eigenvalue weighted by molar-refractivity contribution is 0.612. The van der Waals surface area contributed by atoms with E-state index in [9.17, 15) is 0 Å². The molecule has 5 nitrogen and oxygen atoms in total. The number of nitrogens with zero attached hydrogens (tertiary/aromatic N) is 3. The van der Waals surface area contributed by atoms with Gasteiger partial charge in [0.1, 0.15) is 11.5 Å². The van der Waals surface area contributed by atoms with E-state index in [1.54, 1.807) is 12.4 Å². The second-order valence-corrected chi connectivity index (χ2v) is 5.06. The van der Waals surface area contributed by atoms with Crippen molar-refractivity contribution in [2.75, 3.05) is 4.90 Å². The molecule has 5 heteroatoms. The van der Waals surface area contributed by atoms with Gasteiger partial charge in [0, 0.05) is 11.7 Å². The number of benzene rings is 1. The van der Waals surface area contributed by atoms with Crippen LogP contribution in [-0.2, 0) is 6.42 Å². The van der Waals surface area contributed by atoms with Gasteiger partial charge >= 0.3 is 0 Å². The summed E-state index contributed by atoms with van der Waals surface area (Å²) in [4.78, 5) is 10.8. The second-order valence-electron chi connectivity index (χ2n) is 5.06. The van der Waals surface area contributed by atoms with Crippen molar-refractivity contribution in [1.82, 2.24) is 9.97 Å². The summed E-state index contributed by atoms with van der Waals surface area (Å²) < 4.78 is 0. The van der Waals surface area contributed by atoms with Crippen molar-refractivity contribution in [3.63, 3.8) is 0 Å². The van der Waals surface area contributed by atoms with Gasteiger partial charge < -0.3 is 10.6 Å². The van der Waals surface area contributed by atoms with E-state index in [4.69, 9.17) is 11.1 Å². The van der Waals surface area contributed by atoms with Crippen LogP contribution in [0.5, 0.6) is 0 Å². The molecular weight excluding hydrogens is 250 g/mol. The SMILES string of the molecule is CC1CCc2ccccc2N1c1cnc(C(=N)N)cn1. The van der Waals surface area contributed by atoms with E-state index >= 15 is 0 Å². The monoisotopic (exact) mass is 267 g/mol. The van der Waals surface area contributed by atoms with Crippen LogP contribution in [0.4, 0.5) is 11.5 Å². The predicted octanol–water partition coefficient (Wildman–Crippen LogP) is 2.23. The number of aryl methyl sites for hydroxylation is 1.